The second kappa shape index (κ2) is 50.7. The van der Waals surface area contributed by atoms with Crippen LogP contribution in [-0.4, -0.2) is 74.3 Å². The molecular weight excluding hydrogens is 892 g/mol. The number of ether oxygens (including phenoxy) is 1. The fourth-order valence-electron chi connectivity index (χ4n) is 8.74. The number of carbonyl (C=O) groups excluding carboxylic acids is 2. The molecule has 0 aromatic carbocycles. The van der Waals surface area contributed by atoms with Gasteiger partial charge in [0.2, 0.25) is 5.91 Å². The number of unbranched alkanes of at least 4 members (excludes halogenated alkanes) is 34. The molecular formula is C60H116N2O7P+. The van der Waals surface area contributed by atoms with Crippen molar-refractivity contribution in [1.29, 1.82) is 0 Å². The quantitative estimate of drug-likeness (QED) is 0.0205. The summed E-state index contributed by atoms with van der Waals surface area (Å²) in [6.07, 6.45) is 59.9. The summed E-state index contributed by atoms with van der Waals surface area (Å²) >= 11 is 0. The monoisotopic (exact) mass is 1010 g/mol. The molecule has 0 radical (unpaired) electrons. The van der Waals surface area contributed by atoms with Gasteiger partial charge in [-0.25, -0.2) is 4.57 Å². The smallest absolute Gasteiger partial charge is 0.456 e. The van der Waals surface area contributed by atoms with E-state index in [1.807, 2.05) is 33.3 Å². The van der Waals surface area contributed by atoms with E-state index in [9.17, 15) is 19.0 Å². The summed E-state index contributed by atoms with van der Waals surface area (Å²) in [5, 5.41) is 3.06. The molecule has 3 atom stereocenters. The van der Waals surface area contributed by atoms with Crippen LogP contribution in [0.25, 0.3) is 0 Å². The summed E-state index contributed by atoms with van der Waals surface area (Å²) in [5.74, 6) is -0.503. The predicted octanol–water partition coefficient (Wildman–Crippen LogP) is 17.9. The van der Waals surface area contributed by atoms with E-state index in [1.165, 1.54) is 167 Å². The van der Waals surface area contributed by atoms with Gasteiger partial charge in [-0.1, -0.05) is 250 Å². The van der Waals surface area contributed by atoms with Crippen LogP contribution in [0.3, 0.4) is 0 Å². The first-order chi connectivity index (χ1) is 33.9. The molecule has 3 unspecified atom stereocenters. The SMILES string of the molecule is CC/C=C/C/C=C/CCCCCCCCCC(=O)OC(/C=C/CCCCCCCCCCCCC)C(COP(=O)(O)OCC[N+](C)(C)C)NC(=O)CCCCCCCCCCCCCCCCCCC. The van der Waals surface area contributed by atoms with Gasteiger partial charge in [0.05, 0.1) is 33.8 Å². The summed E-state index contributed by atoms with van der Waals surface area (Å²) < 4.78 is 30.7. The highest BCUT2D eigenvalue weighted by molar-refractivity contribution is 7.47. The lowest BCUT2D eigenvalue weighted by Gasteiger charge is -2.27. The van der Waals surface area contributed by atoms with E-state index in [0.29, 0.717) is 17.4 Å². The number of hydrogen-bond donors (Lipinski definition) is 2. The lowest BCUT2D eigenvalue weighted by Crippen LogP contribution is -2.47. The first-order valence-corrected chi connectivity index (χ1v) is 31.3. The van der Waals surface area contributed by atoms with Crippen molar-refractivity contribution >= 4 is 19.7 Å². The minimum atomic E-state index is -4.44. The van der Waals surface area contributed by atoms with Crippen molar-refractivity contribution in [2.75, 3.05) is 40.9 Å². The van der Waals surface area contributed by atoms with E-state index in [1.54, 1.807) is 0 Å². The molecule has 1 amide bonds. The van der Waals surface area contributed by atoms with Crippen LogP contribution in [0.1, 0.15) is 284 Å². The number of phosphoric ester groups is 1. The van der Waals surface area contributed by atoms with E-state index in [-0.39, 0.29) is 31.5 Å². The number of esters is 1. The minimum absolute atomic E-state index is 0.0411. The Kier molecular flexibility index (Phi) is 49.5. The van der Waals surface area contributed by atoms with Gasteiger partial charge < -0.3 is 19.4 Å². The van der Waals surface area contributed by atoms with Gasteiger partial charge in [0.25, 0.3) is 0 Å². The number of amides is 1. The summed E-state index contributed by atoms with van der Waals surface area (Å²) in [5.41, 5.74) is 0. The van der Waals surface area contributed by atoms with Crippen molar-refractivity contribution in [2.24, 2.45) is 0 Å². The van der Waals surface area contributed by atoms with Gasteiger partial charge in [-0.2, -0.15) is 0 Å². The first-order valence-electron chi connectivity index (χ1n) is 29.8. The summed E-state index contributed by atoms with van der Waals surface area (Å²) in [4.78, 5) is 37.6. The van der Waals surface area contributed by atoms with E-state index >= 15 is 0 Å². The second-order valence-electron chi connectivity index (χ2n) is 21.5. The van der Waals surface area contributed by atoms with Crippen LogP contribution in [0.15, 0.2) is 36.5 Å². The topological polar surface area (TPSA) is 111 Å². The van der Waals surface area contributed by atoms with Gasteiger partial charge in [-0.15, -0.1) is 0 Å². The van der Waals surface area contributed by atoms with Gasteiger partial charge in [0, 0.05) is 12.8 Å². The lowest BCUT2D eigenvalue weighted by atomic mass is 10.0. The van der Waals surface area contributed by atoms with Gasteiger partial charge in [-0.05, 0) is 57.4 Å². The third-order valence-corrected chi connectivity index (χ3v) is 14.3. The van der Waals surface area contributed by atoms with Gasteiger partial charge in [0.1, 0.15) is 19.3 Å². The Morgan fingerprint density at radius 1 is 0.514 bits per heavy atom. The fraction of sp³-hybridized carbons (Fsp3) is 0.867. The maximum absolute atomic E-state index is 13.5. The van der Waals surface area contributed by atoms with E-state index in [0.717, 1.165) is 83.5 Å². The third-order valence-electron chi connectivity index (χ3n) is 13.3. The molecule has 0 aliphatic rings. The molecule has 412 valence electrons. The number of nitrogens with zero attached hydrogens (tertiary/aromatic N) is 1. The maximum atomic E-state index is 13.5. The van der Waals surface area contributed by atoms with Gasteiger partial charge in [0.15, 0.2) is 0 Å². The van der Waals surface area contributed by atoms with Crippen molar-refractivity contribution < 1.29 is 37.3 Å². The Balaban J connectivity index is 5.31. The average Bonchev–Trinajstić information content (AvgIpc) is 3.32. The van der Waals surface area contributed by atoms with Crippen LogP contribution in [-0.2, 0) is 27.9 Å². The minimum Gasteiger partial charge on any atom is -0.456 e. The maximum Gasteiger partial charge on any atom is 0.472 e. The van der Waals surface area contributed by atoms with Crippen LogP contribution in [0.4, 0.5) is 0 Å². The zero-order chi connectivity index (χ0) is 51.5. The van der Waals surface area contributed by atoms with Crippen molar-refractivity contribution in [1.82, 2.24) is 5.32 Å². The molecule has 9 nitrogen and oxygen atoms in total. The van der Waals surface area contributed by atoms with Gasteiger partial charge in [-0.3, -0.25) is 18.6 Å². The van der Waals surface area contributed by atoms with E-state index in [4.69, 9.17) is 13.8 Å². The number of allylic oxidation sites excluding steroid dienone is 5. The molecule has 70 heavy (non-hydrogen) atoms. The van der Waals surface area contributed by atoms with E-state index < -0.39 is 20.0 Å². The van der Waals surface area contributed by atoms with Crippen molar-refractivity contribution in [3.8, 4) is 0 Å². The zero-order valence-electron chi connectivity index (χ0n) is 47.0. The molecule has 0 aliphatic carbocycles. The van der Waals surface area contributed by atoms with Crippen LogP contribution >= 0.6 is 7.82 Å². The standard InChI is InChI=1S/C60H115N2O7P/c1-7-10-13-16-19-22-25-28-30-31-32-34-37-40-43-46-49-52-59(63)61-57(56-68-70(65,66)67-55-54-62(4,5)6)58(51-48-45-42-39-36-33-27-24-21-18-15-12-9-3)69-60(64)53-50-47-44-41-38-35-29-26-23-20-17-14-11-8-2/h11,14,20,23,48,51,57-58H,7-10,12-13,15-19,21-22,24-47,49-50,52-56H2,1-6H3,(H-,61,63,65,66)/p+1/b14-11+,23-20+,51-48+. The number of hydrogen-bond acceptors (Lipinski definition) is 6. The highest BCUT2D eigenvalue weighted by Crippen LogP contribution is 2.43. The molecule has 0 aromatic heterocycles. The fourth-order valence-corrected chi connectivity index (χ4v) is 9.48. The molecule has 0 fully saturated rings. The van der Waals surface area contributed by atoms with Crippen LogP contribution < -0.4 is 5.32 Å². The Labute approximate surface area is 434 Å². The number of phosphoric acid groups is 1. The molecule has 0 saturated heterocycles. The lowest BCUT2D eigenvalue weighted by molar-refractivity contribution is -0.870. The molecule has 0 spiro atoms. The Morgan fingerprint density at radius 2 is 0.914 bits per heavy atom. The third kappa shape index (κ3) is 51.1. The molecule has 2 N–H and O–H groups in total. The zero-order valence-corrected chi connectivity index (χ0v) is 47.9. The van der Waals surface area contributed by atoms with Crippen molar-refractivity contribution in [2.45, 2.75) is 296 Å². The van der Waals surface area contributed by atoms with Crippen molar-refractivity contribution in [3.63, 3.8) is 0 Å². The highest BCUT2D eigenvalue weighted by atomic mass is 31.2. The number of nitrogens with one attached hydrogen (secondary N) is 1. The first kappa shape index (κ1) is 68.2. The van der Waals surface area contributed by atoms with Crippen LogP contribution in [0.2, 0.25) is 0 Å². The summed E-state index contributed by atoms with van der Waals surface area (Å²) in [7, 11) is 1.50. The largest absolute Gasteiger partial charge is 0.472 e. The number of rotatable bonds is 54. The molecule has 0 aliphatic heterocycles. The number of quaternary nitrogens is 1. The number of carbonyl (C=O) groups is 2. The second-order valence-corrected chi connectivity index (χ2v) is 23.0. The Hall–Kier alpha value is -1.77. The normalized spacial score (nSPS) is 14.0. The molecule has 0 saturated carbocycles. The Bertz CT molecular complexity index is 1300. The molecule has 0 aromatic rings. The van der Waals surface area contributed by atoms with Crippen LogP contribution in [0, 0.1) is 0 Å². The Morgan fingerprint density at radius 3 is 1.36 bits per heavy atom. The van der Waals surface area contributed by atoms with Crippen molar-refractivity contribution in [3.05, 3.63) is 36.5 Å². The molecule has 0 bridgehead atoms. The van der Waals surface area contributed by atoms with Crippen LogP contribution in [0.5, 0.6) is 0 Å². The summed E-state index contributed by atoms with van der Waals surface area (Å²) in [6, 6.07) is -0.846. The highest BCUT2D eigenvalue weighted by Gasteiger charge is 2.30. The van der Waals surface area contributed by atoms with Gasteiger partial charge >= 0.3 is 13.8 Å². The average molecular weight is 1010 g/mol. The summed E-state index contributed by atoms with van der Waals surface area (Å²) in [6.45, 7) is 6.93. The predicted molar refractivity (Wildman–Crippen MR) is 300 cm³/mol. The number of likely N-dealkylation sites (N-methyl/N-ethyl adjacent to an activating group) is 1. The van der Waals surface area contributed by atoms with E-state index in [2.05, 4.69) is 50.4 Å². The molecule has 0 rings (SSSR count). The molecule has 10 heteroatoms. The molecule has 0 heterocycles.